The first-order chi connectivity index (χ1) is 12.0. The van der Waals surface area contributed by atoms with Crippen LogP contribution in [0.1, 0.15) is 24.0 Å². The average Bonchev–Trinajstić information content (AvgIpc) is 3.08. The molecule has 1 aliphatic heterocycles. The van der Waals surface area contributed by atoms with Gasteiger partial charge in [0.05, 0.1) is 6.61 Å². The lowest BCUT2D eigenvalue weighted by Crippen LogP contribution is -2.39. The number of benzene rings is 1. The molecule has 0 saturated carbocycles. The fraction of sp³-hybridized carbons (Fsp3) is 0.588. The Hall–Kier alpha value is -0.680. The maximum Gasteiger partial charge on any atom is 0.411 e. The average molecular weight is 503 g/mol. The van der Waals surface area contributed by atoms with Gasteiger partial charge < -0.3 is 15.4 Å². The Bertz CT molecular complexity index is 549. The van der Waals surface area contributed by atoms with Gasteiger partial charge in [-0.25, -0.2) is 0 Å². The van der Waals surface area contributed by atoms with Crippen molar-refractivity contribution in [3.05, 3.63) is 35.4 Å². The van der Waals surface area contributed by atoms with Gasteiger partial charge in [0, 0.05) is 25.4 Å². The van der Waals surface area contributed by atoms with Crippen molar-refractivity contribution < 1.29 is 17.9 Å². The monoisotopic (exact) mass is 503 g/mol. The molecule has 0 aliphatic carbocycles. The van der Waals surface area contributed by atoms with Crippen LogP contribution < -0.4 is 10.6 Å². The molecule has 2 N–H and O–H groups in total. The van der Waals surface area contributed by atoms with Crippen LogP contribution in [0.3, 0.4) is 0 Å². The van der Waals surface area contributed by atoms with Crippen molar-refractivity contribution in [3.63, 3.8) is 0 Å². The highest BCUT2D eigenvalue weighted by molar-refractivity contribution is 14.0. The van der Waals surface area contributed by atoms with Gasteiger partial charge in [0.1, 0.15) is 6.61 Å². The Morgan fingerprint density at radius 1 is 1.23 bits per heavy atom. The maximum atomic E-state index is 12.0. The molecule has 1 fully saturated rings. The third kappa shape index (κ3) is 9.31. The van der Waals surface area contributed by atoms with Crippen LogP contribution in [0, 0.1) is 0 Å². The molecule has 0 radical (unpaired) electrons. The number of hydrogen-bond acceptors (Lipinski definition) is 3. The lowest BCUT2D eigenvalue weighted by molar-refractivity contribution is -0.176. The van der Waals surface area contributed by atoms with E-state index in [9.17, 15) is 13.2 Å². The van der Waals surface area contributed by atoms with Gasteiger partial charge >= 0.3 is 6.18 Å². The quantitative estimate of drug-likeness (QED) is 0.336. The van der Waals surface area contributed by atoms with Crippen molar-refractivity contribution >= 4 is 41.7 Å². The van der Waals surface area contributed by atoms with E-state index in [1.165, 1.54) is 18.6 Å². The molecule has 1 atom stereocenters. The molecule has 9 heteroatoms. The van der Waals surface area contributed by atoms with E-state index in [0.717, 1.165) is 18.1 Å². The summed E-state index contributed by atoms with van der Waals surface area (Å²) < 4.78 is 40.8. The normalized spacial score (nSPS) is 17.7. The lowest BCUT2D eigenvalue weighted by atomic mass is 10.1. The van der Waals surface area contributed by atoms with Gasteiger partial charge in [-0.2, -0.15) is 24.9 Å². The Labute approximate surface area is 173 Å². The minimum atomic E-state index is -4.29. The fourth-order valence-electron chi connectivity index (χ4n) is 2.46. The van der Waals surface area contributed by atoms with Gasteiger partial charge in [0.15, 0.2) is 5.96 Å². The number of hydrogen-bond donors (Lipinski definition) is 2. The smallest absolute Gasteiger partial charge is 0.367 e. The molecule has 26 heavy (non-hydrogen) atoms. The largest absolute Gasteiger partial charge is 0.411 e. The van der Waals surface area contributed by atoms with Gasteiger partial charge in [-0.15, -0.1) is 24.0 Å². The number of aliphatic imine (C=N–C) groups is 1. The zero-order valence-corrected chi connectivity index (χ0v) is 17.8. The van der Waals surface area contributed by atoms with Crippen LogP contribution in [-0.2, 0) is 17.9 Å². The number of alkyl halides is 3. The molecule has 1 heterocycles. The number of halogens is 4. The van der Waals surface area contributed by atoms with Gasteiger partial charge in [0.25, 0.3) is 0 Å². The van der Waals surface area contributed by atoms with Crippen molar-refractivity contribution in [3.8, 4) is 0 Å². The molecule has 2 rings (SSSR count). The van der Waals surface area contributed by atoms with Crippen molar-refractivity contribution in [1.29, 1.82) is 0 Å². The summed E-state index contributed by atoms with van der Waals surface area (Å²) in [6, 6.07) is 7.30. The molecule has 0 aromatic heterocycles. The van der Waals surface area contributed by atoms with Crippen molar-refractivity contribution in [2.24, 2.45) is 4.99 Å². The van der Waals surface area contributed by atoms with Crippen LogP contribution in [0.2, 0.25) is 0 Å². The zero-order valence-electron chi connectivity index (χ0n) is 14.6. The van der Waals surface area contributed by atoms with E-state index in [0.29, 0.717) is 17.4 Å². The topological polar surface area (TPSA) is 45.7 Å². The molecule has 1 unspecified atom stereocenters. The van der Waals surface area contributed by atoms with Crippen molar-refractivity contribution in [2.45, 2.75) is 37.4 Å². The highest BCUT2D eigenvalue weighted by Gasteiger charge is 2.27. The summed E-state index contributed by atoms with van der Waals surface area (Å²) in [5.74, 6) is 1.99. The number of thioether (sulfide) groups is 1. The second-order valence-corrected chi connectivity index (χ2v) is 7.27. The van der Waals surface area contributed by atoms with Crippen LogP contribution in [0.15, 0.2) is 29.3 Å². The maximum absolute atomic E-state index is 12.0. The second-order valence-electron chi connectivity index (χ2n) is 5.87. The van der Waals surface area contributed by atoms with Crippen LogP contribution in [0.4, 0.5) is 13.2 Å². The molecule has 0 amide bonds. The summed E-state index contributed by atoms with van der Waals surface area (Å²) in [7, 11) is 1.73. The summed E-state index contributed by atoms with van der Waals surface area (Å²) in [5.41, 5.74) is 1.74. The Kier molecular flexibility index (Phi) is 10.7. The third-order valence-electron chi connectivity index (χ3n) is 3.76. The molecule has 1 aromatic rings. The fourth-order valence-corrected chi connectivity index (χ4v) is 3.66. The molecule has 1 aromatic carbocycles. The van der Waals surface area contributed by atoms with E-state index < -0.39 is 12.8 Å². The summed E-state index contributed by atoms with van der Waals surface area (Å²) in [5, 5.41) is 7.22. The lowest BCUT2D eigenvalue weighted by Gasteiger charge is -2.15. The highest BCUT2D eigenvalue weighted by Crippen LogP contribution is 2.25. The molecule has 4 nitrogen and oxygen atoms in total. The highest BCUT2D eigenvalue weighted by atomic mass is 127. The molecule has 1 aliphatic rings. The van der Waals surface area contributed by atoms with E-state index >= 15 is 0 Å². The molecule has 0 bridgehead atoms. The molecular formula is C17H25F3IN3OS. The van der Waals surface area contributed by atoms with E-state index in [-0.39, 0.29) is 30.6 Å². The third-order valence-corrected chi connectivity index (χ3v) is 5.16. The number of nitrogens with zero attached hydrogens (tertiary/aromatic N) is 1. The molecule has 148 valence electrons. The van der Waals surface area contributed by atoms with Gasteiger partial charge in [-0.05, 0) is 29.7 Å². The van der Waals surface area contributed by atoms with Crippen LogP contribution in [0.25, 0.3) is 0 Å². The van der Waals surface area contributed by atoms with E-state index in [2.05, 4.69) is 20.4 Å². The van der Waals surface area contributed by atoms with Gasteiger partial charge in [-0.3, -0.25) is 4.99 Å². The standard InChI is InChI=1S/C17H24F3N3OS.HI/c1-21-16(23-10-15-3-2-8-25-15)22-9-13-4-6-14(7-5-13)11-24-12-17(18,19)20;/h4-7,15H,2-3,8-12H2,1H3,(H2,21,22,23);1H. The minimum Gasteiger partial charge on any atom is -0.367 e. The molecule has 1 saturated heterocycles. The zero-order chi connectivity index (χ0) is 18.1. The number of nitrogens with one attached hydrogen (secondary N) is 2. The van der Waals surface area contributed by atoms with Gasteiger partial charge in [-0.1, -0.05) is 24.3 Å². The van der Waals surface area contributed by atoms with E-state index in [1.807, 2.05) is 23.9 Å². The first kappa shape index (κ1) is 23.4. The van der Waals surface area contributed by atoms with Crippen LogP contribution in [-0.4, -0.2) is 43.3 Å². The van der Waals surface area contributed by atoms with Crippen molar-refractivity contribution in [1.82, 2.24) is 10.6 Å². The minimum absolute atomic E-state index is 0. The second kappa shape index (κ2) is 11.9. The Morgan fingerprint density at radius 2 is 1.92 bits per heavy atom. The Morgan fingerprint density at radius 3 is 2.50 bits per heavy atom. The predicted octanol–water partition coefficient (Wildman–Crippen LogP) is 3.94. The summed E-state index contributed by atoms with van der Waals surface area (Å²) in [6.07, 6.45) is -1.77. The van der Waals surface area contributed by atoms with Crippen LogP contribution in [0.5, 0.6) is 0 Å². The first-order valence-corrected chi connectivity index (χ1v) is 9.29. The van der Waals surface area contributed by atoms with Crippen LogP contribution >= 0.6 is 35.7 Å². The molecular weight excluding hydrogens is 478 g/mol. The number of ether oxygens (including phenoxy) is 1. The number of rotatable bonds is 7. The summed E-state index contributed by atoms with van der Waals surface area (Å²) >= 11 is 1.99. The molecule has 0 spiro atoms. The predicted molar refractivity (Wildman–Crippen MR) is 111 cm³/mol. The van der Waals surface area contributed by atoms with E-state index in [1.54, 1.807) is 19.2 Å². The first-order valence-electron chi connectivity index (χ1n) is 8.25. The van der Waals surface area contributed by atoms with E-state index in [4.69, 9.17) is 0 Å². The van der Waals surface area contributed by atoms with Gasteiger partial charge in [0.2, 0.25) is 0 Å². The summed E-state index contributed by atoms with van der Waals surface area (Å²) in [4.78, 5) is 4.20. The number of guanidine groups is 1. The summed E-state index contributed by atoms with van der Waals surface area (Å²) in [6.45, 7) is 0.230. The Balaban J connectivity index is 0.00000338. The van der Waals surface area contributed by atoms with Crippen molar-refractivity contribution in [2.75, 3.05) is 26.0 Å². The SMILES string of the molecule is CN=C(NCc1ccc(COCC(F)(F)F)cc1)NCC1CCCS1.I.